The summed E-state index contributed by atoms with van der Waals surface area (Å²) in [5.41, 5.74) is 2.86. The summed E-state index contributed by atoms with van der Waals surface area (Å²) in [7, 11) is 2.13. The highest BCUT2D eigenvalue weighted by atomic mass is 32.2. The molecule has 0 radical (unpaired) electrons. The summed E-state index contributed by atoms with van der Waals surface area (Å²) >= 11 is 1.37. The van der Waals surface area contributed by atoms with Gasteiger partial charge in [0.15, 0.2) is 5.16 Å². The van der Waals surface area contributed by atoms with E-state index in [0.29, 0.717) is 29.2 Å². The predicted molar refractivity (Wildman–Crippen MR) is 124 cm³/mol. The number of aryl methyl sites for hydroxylation is 3. The number of hydrogen-bond donors (Lipinski definition) is 1. The van der Waals surface area contributed by atoms with Crippen LogP contribution >= 0.6 is 11.8 Å². The Labute approximate surface area is 193 Å². The van der Waals surface area contributed by atoms with Crippen molar-refractivity contribution >= 4 is 23.6 Å². The van der Waals surface area contributed by atoms with Crippen molar-refractivity contribution in [1.29, 1.82) is 0 Å². The average Bonchev–Trinajstić information content (AvgIpc) is 3.57. The Balaban J connectivity index is 1.47. The summed E-state index contributed by atoms with van der Waals surface area (Å²) in [5.74, 6) is 1.63. The van der Waals surface area contributed by atoms with Crippen LogP contribution in [0.25, 0.3) is 0 Å². The maximum absolute atomic E-state index is 12.1. The summed E-state index contributed by atoms with van der Waals surface area (Å²) in [4.78, 5) is 39.9. The average molecular weight is 457 g/mol. The van der Waals surface area contributed by atoms with Crippen LogP contribution < -0.4 is 10.2 Å². The third-order valence-corrected chi connectivity index (χ3v) is 6.61. The number of amides is 1. The molecule has 1 amide bonds. The van der Waals surface area contributed by atoms with Gasteiger partial charge in [-0.2, -0.15) is 9.97 Å². The Morgan fingerprint density at radius 1 is 1.00 bits per heavy atom. The molecule has 1 N–H and O–H groups in total. The lowest BCUT2D eigenvalue weighted by Crippen LogP contribution is -2.45. The standard InChI is InChI=1S/C22H32N8OS/c1-5-18-26-20(30-12-10-29(4)11-13-30)28-22(27-18)32-21-23-14(2)17(15(3)24-21)8-9-19(31)25-16-6-7-16/h16H,5-13H2,1-4H3,(H,25,31). The number of rotatable bonds is 8. The molecule has 0 bridgehead atoms. The highest BCUT2D eigenvalue weighted by Gasteiger charge is 2.23. The van der Waals surface area contributed by atoms with Gasteiger partial charge in [0.2, 0.25) is 17.0 Å². The maximum atomic E-state index is 12.1. The van der Waals surface area contributed by atoms with Crippen molar-refractivity contribution < 1.29 is 4.79 Å². The highest BCUT2D eigenvalue weighted by molar-refractivity contribution is 7.99. The summed E-state index contributed by atoms with van der Waals surface area (Å²) in [5, 5.41) is 4.29. The molecule has 0 unspecified atom stereocenters. The molecule has 1 saturated heterocycles. The molecule has 2 aromatic rings. The molecule has 2 aromatic heterocycles. The van der Waals surface area contributed by atoms with E-state index in [1.165, 1.54) is 11.8 Å². The lowest BCUT2D eigenvalue weighted by molar-refractivity contribution is -0.121. The van der Waals surface area contributed by atoms with Gasteiger partial charge in [-0.15, -0.1) is 0 Å². The van der Waals surface area contributed by atoms with Crippen molar-refractivity contribution in [2.24, 2.45) is 0 Å². The maximum Gasteiger partial charge on any atom is 0.229 e. The number of nitrogens with zero attached hydrogens (tertiary/aromatic N) is 7. The summed E-state index contributed by atoms with van der Waals surface area (Å²) in [6, 6.07) is 0.392. The zero-order valence-corrected chi connectivity index (χ0v) is 20.2. The van der Waals surface area contributed by atoms with Gasteiger partial charge in [-0.05, 0) is 57.5 Å². The van der Waals surface area contributed by atoms with Gasteiger partial charge in [-0.25, -0.2) is 15.0 Å². The van der Waals surface area contributed by atoms with E-state index in [0.717, 1.165) is 74.2 Å². The van der Waals surface area contributed by atoms with Crippen LogP contribution in [0.1, 0.15) is 49.0 Å². The molecule has 9 nitrogen and oxygen atoms in total. The number of aromatic nitrogens is 5. The van der Waals surface area contributed by atoms with Crippen LogP contribution in [0.15, 0.2) is 10.3 Å². The minimum absolute atomic E-state index is 0.110. The number of likely N-dealkylation sites (N-methyl/N-ethyl adjacent to an activating group) is 1. The Morgan fingerprint density at radius 3 is 2.28 bits per heavy atom. The van der Waals surface area contributed by atoms with Crippen LogP contribution in [0.3, 0.4) is 0 Å². The van der Waals surface area contributed by atoms with E-state index in [9.17, 15) is 4.79 Å². The first-order valence-corrected chi connectivity index (χ1v) is 12.2. The Morgan fingerprint density at radius 2 is 1.66 bits per heavy atom. The minimum Gasteiger partial charge on any atom is -0.353 e. The van der Waals surface area contributed by atoms with Crippen molar-refractivity contribution in [2.75, 3.05) is 38.1 Å². The Bertz CT molecular complexity index is 949. The van der Waals surface area contributed by atoms with E-state index in [2.05, 4.69) is 49.0 Å². The third-order valence-electron chi connectivity index (χ3n) is 5.88. The monoisotopic (exact) mass is 456 g/mol. The van der Waals surface area contributed by atoms with Gasteiger partial charge < -0.3 is 15.1 Å². The zero-order chi connectivity index (χ0) is 22.7. The molecule has 3 heterocycles. The van der Waals surface area contributed by atoms with Crippen LogP contribution in [-0.4, -0.2) is 75.0 Å². The van der Waals surface area contributed by atoms with Crippen LogP contribution in [0.2, 0.25) is 0 Å². The first-order chi connectivity index (χ1) is 15.4. The lowest BCUT2D eigenvalue weighted by Gasteiger charge is -2.32. The van der Waals surface area contributed by atoms with Gasteiger partial charge >= 0.3 is 0 Å². The minimum atomic E-state index is 0.110. The second-order valence-corrected chi connectivity index (χ2v) is 9.51. The first-order valence-electron chi connectivity index (χ1n) is 11.4. The van der Waals surface area contributed by atoms with Gasteiger partial charge in [0.25, 0.3) is 0 Å². The second-order valence-electron chi connectivity index (χ2n) is 8.58. The summed E-state index contributed by atoms with van der Waals surface area (Å²) < 4.78 is 0. The topological polar surface area (TPSA) is 100 Å². The molecular weight excluding hydrogens is 424 g/mol. The van der Waals surface area contributed by atoms with Crippen LogP contribution in [-0.2, 0) is 17.6 Å². The van der Waals surface area contributed by atoms with Gasteiger partial charge in [-0.3, -0.25) is 4.79 Å². The van der Waals surface area contributed by atoms with Crippen LogP contribution in [0.5, 0.6) is 0 Å². The fourth-order valence-electron chi connectivity index (χ4n) is 3.70. The quantitative estimate of drug-likeness (QED) is 0.597. The van der Waals surface area contributed by atoms with E-state index in [1.807, 2.05) is 13.8 Å². The molecule has 2 fully saturated rings. The fraction of sp³-hybridized carbons (Fsp3) is 0.636. The number of hydrogen-bond acceptors (Lipinski definition) is 9. The van der Waals surface area contributed by atoms with Crippen molar-refractivity contribution in [3.63, 3.8) is 0 Å². The van der Waals surface area contributed by atoms with Gasteiger partial charge in [-0.1, -0.05) is 6.92 Å². The van der Waals surface area contributed by atoms with E-state index in [1.54, 1.807) is 0 Å². The first kappa shape index (κ1) is 22.8. The van der Waals surface area contributed by atoms with Crippen molar-refractivity contribution in [1.82, 2.24) is 35.1 Å². The number of carbonyl (C=O) groups excluding carboxylic acids is 1. The van der Waals surface area contributed by atoms with E-state index >= 15 is 0 Å². The van der Waals surface area contributed by atoms with Crippen LogP contribution in [0, 0.1) is 13.8 Å². The molecule has 4 rings (SSSR count). The number of nitrogens with one attached hydrogen (secondary N) is 1. The van der Waals surface area contributed by atoms with E-state index in [-0.39, 0.29) is 5.91 Å². The molecule has 1 aliphatic heterocycles. The zero-order valence-electron chi connectivity index (χ0n) is 19.4. The van der Waals surface area contributed by atoms with Crippen molar-refractivity contribution in [3.8, 4) is 0 Å². The second kappa shape index (κ2) is 10.1. The smallest absolute Gasteiger partial charge is 0.229 e. The van der Waals surface area contributed by atoms with Crippen LogP contribution in [0.4, 0.5) is 5.95 Å². The van der Waals surface area contributed by atoms with Gasteiger partial charge in [0.1, 0.15) is 5.82 Å². The fourth-order valence-corrected chi connectivity index (χ4v) is 4.51. The Kier molecular flexibility index (Phi) is 7.20. The molecular formula is C22H32N8OS. The summed E-state index contributed by atoms with van der Waals surface area (Å²) in [6.45, 7) is 9.82. The molecule has 0 spiro atoms. The number of anilines is 1. The van der Waals surface area contributed by atoms with Crippen molar-refractivity contribution in [2.45, 2.75) is 69.2 Å². The molecule has 0 atom stereocenters. The largest absolute Gasteiger partial charge is 0.353 e. The normalized spacial score (nSPS) is 16.9. The lowest BCUT2D eigenvalue weighted by atomic mass is 10.1. The molecule has 32 heavy (non-hydrogen) atoms. The number of carbonyl (C=O) groups is 1. The molecule has 0 aromatic carbocycles. The van der Waals surface area contributed by atoms with Gasteiger partial charge in [0, 0.05) is 56.5 Å². The third kappa shape index (κ3) is 5.92. The Hall–Kier alpha value is -2.33. The molecule has 10 heteroatoms. The molecule has 2 aliphatic rings. The van der Waals surface area contributed by atoms with E-state index in [4.69, 9.17) is 4.98 Å². The highest BCUT2D eigenvalue weighted by Crippen LogP contribution is 2.26. The molecule has 1 saturated carbocycles. The van der Waals surface area contributed by atoms with Gasteiger partial charge in [0.05, 0.1) is 0 Å². The predicted octanol–water partition coefficient (Wildman–Crippen LogP) is 1.96. The van der Waals surface area contributed by atoms with E-state index < -0.39 is 0 Å². The molecule has 172 valence electrons. The summed E-state index contributed by atoms with van der Waals surface area (Å²) in [6.07, 6.45) is 4.08. The molecule has 1 aliphatic carbocycles. The van der Waals surface area contributed by atoms with Crippen molar-refractivity contribution in [3.05, 3.63) is 22.8 Å². The number of piperazine rings is 1. The SMILES string of the molecule is CCc1nc(Sc2nc(C)c(CCC(=O)NC3CC3)c(C)n2)nc(N2CCN(C)CC2)n1.